The van der Waals surface area contributed by atoms with Crippen molar-refractivity contribution in [3.63, 3.8) is 0 Å². The van der Waals surface area contributed by atoms with Crippen molar-refractivity contribution in [2.75, 3.05) is 4.90 Å². The van der Waals surface area contributed by atoms with Crippen LogP contribution in [0.2, 0.25) is 5.02 Å². The zero-order chi connectivity index (χ0) is 20.5. The second-order valence-electron chi connectivity index (χ2n) is 6.55. The van der Waals surface area contributed by atoms with Gasteiger partial charge in [-0.25, -0.2) is 0 Å². The molecule has 1 N–H and O–H groups in total. The number of hydrogen-bond acceptors (Lipinski definition) is 3. The number of nitrogens with zero attached hydrogens (tertiary/aromatic N) is 2. The normalized spacial score (nSPS) is 15.7. The summed E-state index contributed by atoms with van der Waals surface area (Å²) in [4.78, 5) is 26.8. The van der Waals surface area contributed by atoms with Gasteiger partial charge in [0.05, 0.1) is 5.69 Å². The first-order valence-electron chi connectivity index (χ1n) is 8.85. The Morgan fingerprint density at radius 3 is 2.38 bits per heavy atom. The van der Waals surface area contributed by atoms with Crippen LogP contribution in [0.5, 0.6) is 0 Å². The maximum Gasteiger partial charge on any atom is 0.270 e. The van der Waals surface area contributed by atoms with Crippen LogP contribution in [0.15, 0.2) is 72.4 Å². The fraction of sp³-hybridized carbons (Fsp3) is 0.0455. The molecule has 1 aliphatic heterocycles. The van der Waals surface area contributed by atoms with Crippen LogP contribution in [0.25, 0.3) is 11.8 Å². The second kappa shape index (κ2) is 7.66. The van der Waals surface area contributed by atoms with E-state index in [1.165, 1.54) is 4.90 Å². The average Bonchev–Trinajstić information content (AvgIpc) is 3.07. The molecule has 2 heterocycles. The van der Waals surface area contributed by atoms with Gasteiger partial charge in [0.1, 0.15) is 5.57 Å². The molecule has 0 unspecified atom stereocenters. The number of thiocarbonyl (C=S) groups is 1. The molecule has 1 fully saturated rings. The van der Waals surface area contributed by atoms with Crippen molar-refractivity contribution in [1.82, 2.24) is 9.88 Å². The Balaban J connectivity index is 1.71. The van der Waals surface area contributed by atoms with E-state index in [0.29, 0.717) is 10.7 Å². The largest absolute Gasteiger partial charge is 0.321 e. The summed E-state index contributed by atoms with van der Waals surface area (Å²) in [5, 5.41) is 3.17. The highest BCUT2D eigenvalue weighted by molar-refractivity contribution is 7.80. The standard InChI is InChI=1S/C22H16ClN3O2S/c1-14-11-15(13-25(14)17-5-3-2-4-6-17)12-19-20(27)24-22(29)26(21(19)28)18-9-7-16(23)8-10-18/h2-13H,1H3,(H,24,27,29)/b19-12-. The first-order valence-corrected chi connectivity index (χ1v) is 9.64. The molecule has 4 rings (SSSR count). The van der Waals surface area contributed by atoms with Crippen LogP contribution in [0.1, 0.15) is 11.3 Å². The van der Waals surface area contributed by atoms with Crippen molar-refractivity contribution in [2.24, 2.45) is 0 Å². The third kappa shape index (κ3) is 3.72. The van der Waals surface area contributed by atoms with Crippen molar-refractivity contribution >= 4 is 52.5 Å². The highest BCUT2D eigenvalue weighted by atomic mass is 35.5. The summed E-state index contributed by atoms with van der Waals surface area (Å²) in [6.07, 6.45) is 3.46. The van der Waals surface area contributed by atoms with Crippen molar-refractivity contribution in [1.29, 1.82) is 0 Å². The molecule has 2 aromatic carbocycles. The Labute approximate surface area is 178 Å². The minimum absolute atomic E-state index is 0.0127. The minimum Gasteiger partial charge on any atom is -0.321 e. The average molecular weight is 422 g/mol. The van der Waals surface area contributed by atoms with Gasteiger partial charge in [-0.05, 0) is 73.2 Å². The number of aromatic nitrogens is 1. The van der Waals surface area contributed by atoms with E-state index >= 15 is 0 Å². The molecule has 2 amide bonds. The molecule has 0 saturated carbocycles. The first kappa shape index (κ1) is 19.1. The number of nitrogens with one attached hydrogen (secondary N) is 1. The lowest BCUT2D eigenvalue weighted by Gasteiger charge is -2.28. The van der Waals surface area contributed by atoms with Crippen molar-refractivity contribution in [2.45, 2.75) is 6.92 Å². The van der Waals surface area contributed by atoms with Gasteiger partial charge in [-0.1, -0.05) is 29.8 Å². The van der Waals surface area contributed by atoms with Crippen LogP contribution in [0.4, 0.5) is 5.69 Å². The quantitative estimate of drug-likeness (QED) is 0.390. The van der Waals surface area contributed by atoms with Gasteiger partial charge in [-0.15, -0.1) is 0 Å². The Bertz CT molecular complexity index is 1150. The molecule has 0 spiro atoms. The number of carbonyl (C=O) groups excluding carboxylic acids is 2. The fourth-order valence-electron chi connectivity index (χ4n) is 3.19. The van der Waals surface area contributed by atoms with Crippen molar-refractivity contribution < 1.29 is 9.59 Å². The van der Waals surface area contributed by atoms with Gasteiger partial charge in [0.25, 0.3) is 11.8 Å². The molecule has 1 aromatic heterocycles. The fourth-order valence-corrected chi connectivity index (χ4v) is 3.60. The molecule has 0 aliphatic carbocycles. The maximum absolute atomic E-state index is 13.1. The lowest BCUT2D eigenvalue weighted by molar-refractivity contribution is -0.122. The predicted octanol–water partition coefficient (Wildman–Crippen LogP) is 4.27. The van der Waals surface area contributed by atoms with Gasteiger partial charge in [0.2, 0.25) is 0 Å². The molecule has 29 heavy (non-hydrogen) atoms. The van der Waals surface area contributed by atoms with Crippen molar-refractivity contribution in [3.05, 3.63) is 88.7 Å². The van der Waals surface area contributed by atoms with Crippen LogP contribution in [0.3, 0.4) is 0 Å². The number of rotatable bonds is 3. The van der Waals surface area contributed by atoms with E-state index in [2.05, 4.69) is 5.32 Å². The van der Waals surface area contributed by atoms with E-state index in [1.807, 2.05) is 54.1 Å². The van der Waals surface area contributed by atoms with Crippen LogP contribution in [-0.2, 0) is 9.59 Å². The molecule has 1 saturated heterocycles. The molecule has 5 nitrogen and oxygen atoms in total. The van der Waals surface area contributed by atoms with Crippen LogP contribution in [-0.4, -0.2) is 21.5 Å². The molecule has 144 valence electrons. The molecule has 0 atom stereocenters. The Morgan fingerprint density at radius 2 is 1.69 bits per heavy atom. The van der Waals surface area contributed by atoms with Crippen LogP contribution >= 0.6 is 23.8 Å². The third-order valence-electron chi connectivity index (χ3n) is 4.57. The molecule has 3 aromatic rings. The molecular formula is C22H16ClN3O2S. The van der Waals surface area contributed by atoms with Gasteiger partial charge in [0, 0.05) is 22.6 Å². The number of halogens is 1. The molecule has 7 heteroatoms. The highest BCUT2D eigenvalue weighted by Gasteiger charge is 2.34. The number of amides is 2. The number of hydrogen-bond donors (Lipinski definition) is 1. The molecule has 0 radical (unpaired) electrons. The van der Waals surface area contributed by atoms with Gasteiger partial charge < -0.3 is 4.57 Å². The SMILES string of the molecule is Cc1cc(/C=C2/C(=O)NC(=S)N(c3ccc(Cl)cc3)C2=O)cn1-c1ccccc1. The minimum atomic E-state index is -0.518. The zero-order valence-electron chi connectivity index (χ0n) is 15.4. The Hall–Kier alpha value is -3.22. The summed E-state index contributed by atoms with van der Waals surface area (Å²) in [6, 6.07) is 18.4. The monoisotopic (exact) mass is 421 g/mol. The van der Waals surface area contributed by atoms with Gasteiger partial charge >= 0.3 is 0 Å². The van der Waals surface area contributed by atoms with E-state index in [0.717, 1.165) is 16.9 Å². The zero-order valence-corrected chi connectivity index (χ0v) is 17.0. The molecule has 0 bridgehead atoms. The predicted molar refractivity (Wildman–Crippen MR) is 118 cm³/mol. The van der Waals surface area contributed by atoms with E-state index in [-0.39, 0.29) is 10.7 Å². The van der Waals surface area contributed by atoms with E-state index in [1.54, 1.807) is 30.3 Å². The Kier molecular flexibility index (Phi) is 5.05. The Morgan fingerprint density at radius 1 is 1.00 bits per heavy atom. The topological polar surface area (TPSA) is 54.3 Å². The second-order valence-corrected chi connectivity index (χ2v) is 7.38. The number of carbonyl (C=O) groups is 2. The van der Waals surface area contributed by atoms with Gasteiger partial charge in [-0.2, -0.15) is 0 Å². The summed E-state index contributed by atoms with van der Waals surface area (Å²) >= 11 is 11.1. The summed E-state index contributed by atoms with van der Waals surface area (Å²) in [7, 11) is 0. The highest BCUT2D eigenvalue weighted by Crippen LogP contribution is 2.24. The summed E-state index contributed by atoms with van der Waals surface area (Å²) in [5.74, 6) is -0.999. The van der Waals surface area contributed by atoms with E-state index in [4.69, 9.17) is 23.8 Å². The number of benzene rings is 2. The third-order valence-corrected chi connectivity index (χ3v) is 5.10. The smallest absolute Gasteiger partial charge is 0.270 e. The first-order chi connectivity index (χ1) is 13.9. The summed E-state index contributed by atoms with van der Waals surface area (Å²) < 4.78 is 2.00. The summed E-state index contributed by atoms with van der Waals surface area (Å²) in [5.41, 5.74) is 3.27. The number of anilines is 1. The number of para-hydroxylation sites is 1. The maximum atomic E-state index is 13.1. The van der Waals surface area contributed by atoms with Gasteiger partial charge in [-0.3, -0.25) is 19.8 Å². The lowest BCUT2D eigenvalue weighted by atomic mass is 10.1. The number of aryl methyl sites for hydroxylation is 1. The molecular weight excluding hydrogens is 406 g/mol. The van der Waals surface area contributed by atoms with Crippen LogP contribution in [0, 0.1) is 6.92 Å². The van der Waals surface area contributed by atoms with E-state index < -0.39 is 11.8 Å². The van der Waals surface area contributed by atoms with Crippen LogP contribution < -0.4 is 10.2 Å². The van der Waals surface area contributed by atoms with Crippen molar-refractivity contribution in [3.8, 4) is 5.69 Å². The summed E-state index contributed by atoms with van der Waals surface area (Å²) in [6.45, 7) is 1.97. The molecule has 1 aliphatic rings. The van der Waals surface area contributed by atoms with E-state index in [9.17, 15) is 9.59 Å². The lowest BCUT2D eigenvalue weighted by Crippen LogP contribution is -2.54. The van der Waals surface area contributed by atoms with Gasteiger partial charge in [0.15, 0.2) is 5.11 Å².